The van der Waals surface area contributed by atoms with Gasteiger partial charge in [0.25, 0.3) is 0 Å². The Morgan fingerprint density at radius 2 is 2.14 bits per heavy atom. The third-order valence-corrected chi connectivity index (χ3v) is 4.53. The summed E-state index contributed by atoms with van der Waals surface area (Å²) in [4.78, 5) is 0. The monoisotopic (exact) mass is 291 g/mol. The lowest BCUT2D eigenvalue weighted by Gasteiger charge is -2.27. The number of hydrogen-bond donors (Lipinski definition) is 2. The third kappa shape index (κ3) is 4.72. The number of aryl methyl sites for hydroxylation is 1. The van der Waals surface area contributed by atoms with Gasteiger partial charge in [-0.05, 0) is 67.3 Å². The van der Waals surface area contributed by atoms with Crippen molar-refractivity contribution in [3.8, 4) is 5.75 Å². The van der Waals surface area contributed by atoms with Gasteiger partial charge >= 0.3 is 0 Å². The molecule has 0 saturated carbocycles. The Balaban J connectivity index is 1.79. The minimum atomic E-state index is 0.0498. The molecule has 1 aliphatic carbocycles. The molecule has 0 amide bonds. The van der Waals surface area contributed by atoms with Crippen LogP contribution >= 0.6 is 0 Å². The van der Waals surface area contributed by atoms with Gasteiger partial charge in [0.1, 0.15) is 5.75 Å². The highest BCUT2D eigenvalue weighted by molar-refractivity contribution is 5.37. The van der Waals surface area contributed by atoms with Crippen molar-refractivity contribution in [1.82, 2.24) is 5.32 Å². The Morgan fingerprint density at radius 1 is 1.33 bits per heavy atom. The van der Waals surface area contributed by atoms with Gasteiger partial charge in [-0.3, -0.25) is 0 Å². The van der Waals surface area contributed by atoms with Gasteiger partial charge in [-0.2, -0.15) is 0 Å². The Bertz CT molecular complexity index is 457. The first kappa shape index (κ1) is 16.3. The molecule has 118 valence electrons. The third-order valence-electron chi connectivity index (χ3n) is 4.53. The van der Waals surface area contributed by atoms with Gasteiger partial charge in [-0.1, -0.05) is 19.9 Å². The lowest BCUT2D eigenvalue weighted by Crippen LogP contribution is -2.35. The molecule has 3 nitrogen and oxygen atoms in total. The highest BCUT2D eigenvalue weighted by atomic mass is 16.5. The molecule has 1 atom stereocenters. The van der Waals surface area contributed by atoms with Crippen molar-refractivity contribution < 1.29 is 9.84 Å². The van der Waals surface area contributed by atoms with Crippen molar-refractivity contribution in [3.05, 3.63) is 29.3 Å². The van der Waals surface area contributed by atoms with E-state index in [1.807, 2.05) is 0 Å². The maximum atomic E-state index is 9.27. The summed E-state index contributed by atoms with van der Waals surface area (Å²) in [6.45, 7) is 5.54. The first-order chi connectivity index (χ1) is 10.0. The molecule has 0 radical (unpaired) electrons. The van der Waals surface area contributed by atoms with Crippen LogP contribution in [0.15, 0.2) is 18.2 Å². The topological polar surface area (TPSA) is 41.5 Å². The number of aliphatic hydroxyl groups excluding tert-OH is 1. The fraction of sp³-hybridized carbons (Fsp3) is 0.667. The molecular formula is C18H29NO2. The normalized spacial score (nSPS) is 18.4. The zero-order valence-electron chi connectivity index (χ0n) is 13.6. The van der Waals surface area contributed by atoms with Crippen LogP contribution < -0.4 is 10.1 Å². The van der Waals surface area contributed by atoms with Gasteiger partial charge in [-0.25, -0.2) is 0 Å². The van der Waals surface area contributed by atoms with Gasteiger partial charge in [-0.15, -0.1) is 0 Å². The number of nitrogens with one attached hydrogen (secondary N) is 1. The van der Waals surface area contributed by atoms with E-state index in [-0.39, 0.29) is 12.0 Å². The zero-order chi connectivity index (χ0) is 15.3. The molecule has 0 aliphatic heterocycles. The van der Waals surface area contributed by atoms with Crippen molar-refractivity contribution in [2.24, 2.45) is 5.41 Å². The van der Waals surface area contributed by atoms with Gasteiger partial charge in [0.05, 0.1) is 7.11 Å². The predicted molar refractivity (Wildman–Crippen MR) is 86.9 cm³/mol. The smallest absolute Gasteiger partial charge is 0.119 e. The highest BCUT2D eigenvalue weighted by Gasteiger charge is 2.19. The van der Waals surface area contributed by atoms with Crippen molar-refractivity contribution in [1.29, 1.82) is 0 Å². The number of methoxy groups -OCH3 is 1. The van der Waals surface area contributed by atoms with E-state index in [1.54, 1.807) is 7.11 Å². The Labute approximate surface area is 128 Å². The molecule has 1 aliphatic rings. The second-order valence-electron chi connectivity index (χ2n) is 6.95. The molecule has 0 saturated heterocycles. The molecule has 3 heteroatoms. The van der Waals surface area contributed by atoms with E-state index in [0.717, 1.165) is 38.0 Å². The molecule has 0 bridgehead atoms. The quantitative estimate of drug-likeness (QED) is 0.759. The van der Waals surface area contributed by atoms with Gasteiger partial charge in [0.15, 0.2) is 0 Å². The molecule has 0 spiro atoms. The predicted octanol–water partition coefficient (Wildman–Crippen LogP) is 2.94. The summed E-state index contributed by atoms with van der Waals surface area (Å²) >= 11 is 0. The second-order valence-corrected chi connectivity index (χ2v) is 6.95. The summed E-state index contributed by atoms with van der Waals surface area (Å²) in [6.07, 6.45) is 5.64. The minimum absolute atomic E-state index is 0.0498. The Morgan fingerprint density at radius 3 is 2.86 bits per heavy atom. The van der Waals surface area contributed by atoms with E-state index in [9.17, 15) is 5.11 Å². The molecule has 2 N–H and O–H groups in total. The average Bonchev–Trinajstić information content (AvgIpc) is 2.50. The van der Waals surface area contributed by atoms with E-state index >= 15 is 0 Å². The van der Waals surface area contributed by atoms with Gasteiger partial charge < -0.3 is 15.2 Å². The maximum Gasteiger partial charge on any atom is 0.119 e. The second kappa shape index (κ2) is 7.28. The van der Waals surface area contributed by atoms with Crippen LogP contribution in [0.3, 0.4) is 0 Å². The SMILES string of the molecule is COc1ccc2c(c1)CC(NCCCC(C)(C)CO)CC2. The fourth-order valence-electron chi connectivity index (χ4n) is 2.99. The van der Waals surface area contributed by atoms with Crippen LogP contribution in [0.25, 0.3) is 0 Å². The summed E-state index contributed by atoms with van der Waals surface area (Å²) in [5.41, 5.74) is 2.94. The van der Waals surface area contributed by atoms with Crippen LogP contribution in [0, 0.1) is 5.41 Å². The lowest BCUT2D eigenvalue weighted by atomic mass is 9.87. The van der Waals surface area contributed by atoms with Crippen LogP contribution in [-0.4, -0.2) is 31.4 Å². The minimum Gasteiger partial charge on any atom is -0.497 e. The van der Waals surface area contributed by atoms with Gasteiger partial charge in [0, 0.05) is 12.6 Å². The van der Waals surface area contributed by atoms with Crippen LogP contribution in [0.2, 0.25) is 0 Å². The van der Waals surface area contributed by atoms with Gasteiger partial charge in [0.2, 0.25) is 0 Å². The molecule has 1 aromatic rings. The first-order valence-electron chi connectivity index (χ1n) is 8.04. The van der Waals surface area contributed by atoms with Crippen molar-refractivity contribution >= 4 is 0 Å². The van der Waals surface area contributed by atoms with Crippen LogP contribution in [0.1, 0.15) is 44.2 Å². The molecule has 1 unspecified atom stereocenters. The standard InChI is InChI=1S/C18H29NO2/c1-18(2,13-20)9-4-10-19-16-7-5-14-6-8-17(21-3)12-15(14)11-16/h6,8,12,16,19-20H,4-5,7,9-11,13H2,1-3H3. The number of benzene rings is 1. The summed E-state index contributed by atoms with van der Waals surface area (Å²) < 4.78 is 5.32. The van der Waals surface area contributed by atoms with E-state index in [0.29, 0.717) is 6.04 Å². The van der Waals surface area contributed by atoms with E-state index < -0.39 is 0 Å². The lowest BCUT2D eigenvalue weighted by molar-refractivity contribution is 0.147. The summed E-state index contributed by atoms with van der Waals surface area (Å²) in [5, 5.41) is 12.9. The summed E-state index contributed by atoms with van der Waals surface area (Å²) in [5.74, 6) is 0.957. The molecular weight excluding hydrogens is 262 g/mol. The molecule has 21 heavy (non-hydrogen) atoms. The number of hydrogen-bond acceptors (Lipinski definition) is 3. The van der Waals surface area contributed by atoms with E-state index in [2.05, 4.69) is 37.4 Å². The molecule has 1 aromatic carbocycles. The molecule has 0 fully saturated rings. The Kier molecular flexibility index (Phi) is 5.65. The number of rotatable bonds is 7. The maximum absolute atomic E-state index is 9.27. The van der Waals surface area contributed by atoms with Crippen molar-refractivity contribution in [2.75, 3.05) is 20.3 Å². The first-order valence-corrected chi connectivity index (χ1v) is 8.04. The van der Waals surface area contributed by atoms with E-state index in [1.165, 1.54) is 17.5 Å². The Hall–Kier alpha value is -1.06. The number of fused-ring (bicyclic) bond motifs is 1. The number of aliphatic hydroxyl groups is 1. The van der Waals surface area contributed by atoms with E-state index in [4.69, 9.17) is 4.74 Å². The van der Waals surface area contributed by atoms with Crippen molar-refractivity contribution in [3.63, 3.8) is 0 Å². The zero-order valence-corrected chi connectivity index (χ0v) is 13.6. The molecule has 2 rings (SSSR count). The average molecular weight is 291 g/mol. The molecule has 0 heterocycles. The largest absolute Gasteiger partial charge is 0.497 e. The highest BCUT2D eigenvalue weighted by Crippen LogP contribution is 2.26. The van der Waals surface area contributed by atoms with Crippen LogP contribution in [0.5, 0.6) is 5.75 Å². The summed E-state index contributed by atoms with van der Waals surface area (Å²) in [6, 6.07) is 7.01. The fourth-order valence-corrected chi connectivity index (χ4v) is 2.99. The van der Waals surface area contributed by atoms with Crippen LogP contribution in [0.4, 0.5) is 0 Å². The van der Waals surface area contributed by atoms with Crippen molar-refractivity contribution in [2.45, 2.75) is 52.0 Å². The summed E-state index contributed by atoms with van der Waals surface area (Å²) in [7, 11) is 1.73. The van der Waals surface area contributed by atoms with Crippen LogP contribution in [-0.2, 0) is 12.8 Å². The molecule has 0 aromatic heterocycles. The number of ether oxygens (including phenoxy) is 1.